The van der Waals surface area contributed by atoms with Crippen LogP contribution in [-0.2, 0) is 11.8 Å². The molecule has 4 heterocycles. The van der Waals surface area contributed by atoms with Gasteiger partial charge in [-0.1, -0.05) is 0 Å². The van der Waals surface area contributed by atoms with Crippen molar-refractivity contribution in [2.45, 2.75) is 18.9 Å². The van der Waals surface area contributed by atoms with Crippen molar-refractivity contribution in [3.63, 3.8) is 0 Å². The van der Waals surface area contributed by atoms with E-state index in [9.17, 15) is 9.90 Å². The second-order valence-electron chi connectivity index (χ2n) is 6.15. The predicted octanol–water partition coefficient (Wildman–Crippen LogP) is 2.29. The van der Waals surface area contributed by atoms with Crippen LogP contribution in [0.1, 0.15) is 23.3 Å². The molecule has 3 aromatic rings. The lowest BCUT2D eigenvalue weighted by Gasteiger charge is -2.23. The van der Waals surface area contributed by atoms with Gasteiger partial charge in [0, 0.05) is 37.8 Å². The van der Waals surface area contributed by atoms with E-state index >= 15 is 0 Å². The second-order valence-corrected chi connectivity index (χ2v) is 6.15. The molecule has 0 saturated carbocycles. The monoisotopic (exact) mass is 354 g/mol. The van der Waals surface area contributed by atoms with Crippen molar-refractivity contribution in [3.05, 3.63) is 36.3 Å². The highest BCUT2D eigenvalue weighted by Gasteiger charge is 2.22. The van der Waals surface area contributed by atoms with Crippen LogP contribution in [0.15, 0.2) is 30.6 Å². The van der Waals surface area contributed by atoms with Crippen LogP contribution in [0.2, 0.25) is 0 Å². The summed E-state index contributed by atoms with van der Waals surface area (Å²) in [6, 6.07) is 5.11. The van der Waals surface area contributed by atoms with E-state index in [1.54, 1.807) is 16.9 Å². The molecule has 0 amide bonds. The number of aromatic carboxylic acids is 1. The number of aromatic nitrogens is 4. The molecule has 26 heavy (non-hydrogen) atoms. The number of hydrogen-bond donors (Lipinski definition) is 1. The lowest BCUT2D eigenvalue weighted by molar-refractivity contribution is 0.0244. The summed E-state index contributed by atoms with van der Waals surface area (Å²) >= 11 is 0. The summed E-state index contributed by atoms with van der Waals surface area (Å²) < 4.78 is 13.3. The lowest BCUT2D eigenvalue weighted by Crippen LogP contribution is -2.26. The molecule has 0 unspecified atom stereocenters. The van der Waals surface area contributed by atoms with E-state index in [2.05, 4.69) is 15.1 Å². The molecule has 4 rings (SSSR count). The van der Waals surface area contributed by atoms with Gasteiger partial charge in [0.25, 0.3) is 0 Å². The van der Waals surface area contributed by atoms with Crippen molar-refractivity contribution < 1.29 is 19.4 Å². The summed E-state index contributed by atoms with van der Waals surface area (Å²) in [5, 5.41) is 14.5. The van der Waals surface area contributed by atoms with E-state index in [4.69, 9.17) is 9.47 Å². The van der Waals surface area contributed by atoms with Crippen LogP contribution < -0.4 is 4.74 Å². The van der Waals surface area contributed by atoms with Crippen LogP contribution in [0, 0.1) is 0 Å². The average molecular weight is 354 g/mol. The van der Waals surface area contributed by atoms with E-state index < -0.39 is 5.97 Å². The maximum absolute atomic E-state index is 11.2. The summed E-state index contributed by atoms with van der Waals surface area (Å²) in [5.41, 5.74) is 2.12. The molecule has 134 valence electrons. The molecule has 1 aliphatic heterocycles. The number of carbonyl (C=O) groups is 1. The fourth-order valence-corrected chi connectivity index (χ4v) is 3.12. The zero-order chi connectivity index (χ0) is 18.1. The van der Waals surface area contributed by atoms with Gasteiger partial charge >= 0.3 is 5.97 Å². The van der Waals surface area contributed by atoms with Gasteiger partial charge in [0.1, 0.15) is 17.5 Å². The first-order valence-corrected chi connectivity index (χ1v) is 8.39. The van der Waals surface area contributed by atoms with Crippen LogP contribution in [0.5, 0.6) is 5.88 Å². The molecule has 8 nitrogen and oxygen atoms in total. The highest BCUT2D eigenvalue weighted by Crippen LogP contribution is 2.34. The number of nitrogens with zero attached hydrogens (tertiary/aromatic N) is 4. The van der Waals surface area contributed by atoms with Crippen LogP contribution in [0.25, 0.3) is 22.2 Å². The molecule has 0 spiro atoms. The first-order chi connectivity index (χ1) is 12.6. The van der Waals surface area contributed by atoms with Gasteiger partial charge in [-0.05, 0) is 18.2 Å². The quantitative estimate of drug-likeness (QED) is 0.767. The van der Waals surface area contributed by atoms with Gasteiger partial charge in [0.05, 0.1) is 24.1 Å². The third-order valence-corrected chi connectivity index (χ3v) is 4.43. The molecule has 1 aliphatic rings. The molecule has 1 saturated heterocycles. The van der Waals surface area contributed by atoms with E-state index in [0.29, 0.717) is 30.4 Å². The molecule has 3 aromatic heterocycles. The third-order valence-electron chi connectivity index (χ3n) is 4.43. The van der Waals surface area contributed by atoms with Crippen molar-refractivity contribution in [1.82, 2.24) is 19.7 Å². The van der Waals surface area contributed by atoms with Gasteiger partial charge in [0.2, 0.25) is 5.88 Å². The van der Waals surface area contributed by atoms with Gasteiger partial charge in [0.15, 0.2) is 0 Å². The first kappa shape index (κ1) is 16.5. The maximum Gasteiger partial charge on any atom is 0.354 e. The Labute approximate surface area is 149 Å². The Morgan fingerprint density at radius 3 is 2.81 bits per heavy atom. The Hall–Kier alpha value is -3.00. The minimum atomic E-state index is -1.08. The molecule has 0 aromatic carbocycles. The predicted molar refractivity (Wildman–Crippen MR) is 93.2 cm³/mol. The van der Waals surface area contributed by atoms with Crippen molar-refractivity contribution in [2.24, 2.45) is 7.05 Å². The van der Waals surface area contributed by atoms with Crippen molar-refractivity contribution in [3.8, 4) is 17.1 Å². The molecule has 0 aliphatic carbocycles. The number of aryl methyl sites for hydroxylation is 1. The number of hydrogen-bond acceptors (Lipinski definition) is 6. The number of rotatable bonds is 4. The zero-order valence-corrected chi connectivity index (χ0v) is 14.3. The summed E-state index contributed by atoms with van der Waals surface area (Å²) in [7, 11) is 1.84. The number of carboxylic acids is 1. The fourth-order valence-electron chi connectivity index (χ4n) is 3.12. The molecule has 0 radical (unpaired) electrons. The lowest BCUT2D eigenvalue weighted by atomic mass is 10.1. The van der Waals surface area contributed by atoms with Gasteiger partial charge in [-0.25, -0.2) is 14.8 Å². The van der Waals surface area contributed by atoms with Crippen LogP contribution >= 0.6 is 0 Å². The Morgan fingerprint density at radius 1 is 1.27 bits per heavy atom. The summed E-state index contributed by atoms with van der Waals surface area (Å²) in [6.45, 7) is 1.35. The van der Waals surface area contributed by atoms with Crippen molar-refractivity contribution in [2.75, 3.05) is 13.2 Å². The van der Waals surface area contributed by atoms with Crippen LogP contribution in [0.3, 0.4) is 0 Å². The molecule has 1 N–H and O–H groups in total. The summed E-state index contributed by atoms with van der Waals surface area (Å²) in [5.74, 6) is -0.574. The van der Waals surface area contributed by atoms with E-state index in [1.807, 2.05) is 13.1 Å². The Morgan fingerprint density at radius 2 is 2.04 bits per heavy atom. The van der Waals surface area contributed by atoms with E-state index in [1.165, 1.54) is 12.3 Å². The maximum atomic E-state index is 11.2. The smallest absolute Gasteiger partial charge is 0.354 e. The number of ether oxygens (including phenoxy) is 2. The number of carboxylic acid groups (broad SMARTS) is 1. The Balaban J connectivity index is 1.82. The van der Waals surface area contributed by atoms with Gasteiger partial charge in [-0.3, -0.25) is 4.68 Å². The first-order valence-electron chi connectivity index (χ1n) is 8.39. The SMILES string of the molecule is Cn1nc(-c2ccnc(C(=O)O)c2)c2c(OC3CCOCC3)nccc21. The molecule has 0 atom stereocenters. The average Bonchev–Trinajstić information content (AvgIpc) is 3.01. The highest BCUT2D eigenvalue weighted by atomic mass is 16.5. The number of pyridine rings is 2. The normalized spacial score (nSPS) is 15.3. The molecular formula is C18H18N4O4. The highest BCUT2D eigenvalue weighted by molar-refractivity contribution is 5.98. The Bertz CT molecular complexity index is 963. The third kappa shape index (κ3) is 2.99. The van der Waals surface area contributed by atoms with Crippen molar-refractivity contribution in [1.29, 1.82) is 0 Å². The summed E-state index contributed by atoms with van der Waals surface area (Å²) in [6.07, 6.45) is 4.83. The van der Waals surface area contributed by atoms with Crippen LogP contribution in [0.4, 0.5) is 0 Å². The van der Waals surface area contributed by atoms with Gasteiger partial charge in [-0.2, -0.15) is 5.10 Å². The fraction of sp³-hybridized carbons (Fsp3) is 0.333. The topological polar surface area (TPSA) is 99.4 Å². The Kier molecular flexibility index (Phi) is 4.26. The van der Waals surface area contributed by atoms with Crippen LogP contribution in [-0.4, -0.2) is 50.1 Å². The molecule has 0 bridgehead atoms. The van der Waals surface area contributed by atoms with Gasteiger partial charge < -0.3 is 14.6 Å². The molecule has 1 fully saturated rings. The summed E-state index contributed by atoms with van der Waals surface area (Å²) in [4.78, 5) is 19.5. The minimum absolute atomic E-state index is 0.0305. The standard InChI is InChI=1S/C18H18N4O4/c1-22-14-3-7-20-17(26-12-4-8-25-9-5-12)15(14)16(21-22)11-2-6-19-13(10-11)18(23)24/h2-3,6-7,10,12H,4-5,8-9H2,1H3,(H,23,24). The minimum Gasteiger partial charge on any atom is -0.477 e. The van der Waals surface area contributed by atoms with E-state index in [0.717, 1.165) is 23.7 Å². The largest absolute Gasteiger partial charge is 0.477 e. The van der Waals surface area contributed by atoms with E-state index in [-0.39, 0.29) is 11.8 Å². The molecular weight excluding hydrogens is 336 g/mol. The van der Waals surface area contributed by atoms with Gasteiger partial charge in [-0.15, -0.1) is 0 Å². The van der Waals surface area contributed by atoms with Crippen molar-refractivity contribution >= 4 is 16.9 Å². The second kappa shape index (κ2) is 6.72. The molecule has 8 heteroatoms. The zero-order valence-electron chi connectivity index (χ0n) is 14.3. The number of fused-ring (bicyclic) bond motifs is 1.